The Hall–Kier alpha value is -2.52. The number of aryl methyl sites for hydroxylation is 1. The number of benzene rings is 1. The quantitative estimate of drug-likeness (QED) is 0.500. The lowest BCUT2D eigenvalue weighted by atomic mass is 10.0. The Bertz CT molecular complexity index is 942. The molecule has 0 aliphatic rings. The molecule has 4 rings (SSSR count). The van der Waals surface area contributed by atoms with Gasteiger partial charge in [0, 0.05) is 40.7 Å². The zero-order valence-corrected chi connectivity index (χ0v) is 13.0. The van der Waals surface area contributed by atoms with E-state index in [2.05, 4.69) is 52.6 Å². The number of hydrogen-bond acceptors (Lipinski definition) is 3. The zero-order chi connectivity index (χ0) is 14.9. The van der Waals surface area contributed by atoms with Gasteiger partial charge in [-0.15, -0.1) is 11.3 Å². The summed E-state index contributed by atoms with van der Waals surface area (Å²) in [5.41, 5.74) is 7.10. The van der Waals surface area contributed by atoms with Gasteiger partial charge in [0.25, 0.3) is 0 Å². The molecule has 0 atom stereocenters. The lowest BCUT2D eigenvalue weighted by Gasteiger charge is -2.06. The molecule has 0 saturated carbocycles. The molecule has 0 saturated heterocycles. The van der Waals surface area contributed by atoms with Crippen LogP contribution in [0.2, 0.25) is 0 Å². The molecule has 0 aliphatic heterocycles. The minimum atomic E-state index is 1.07. The lowest BCUT2D eigenvalue weighted by molar-refractivity contribution is 1.29. The Balaban J connectivity index is 1.97. The van der Waals surface area contributed by atoms with Crippen molar-refractivity contribution in [2.24, 2.45) is 0 Å². The largest absolute Gasteiger partial charge is 0.264 e. The van der Waals surface area contributed by atoms with Crippen LogP contribution in [0.1, 0.15) is 5.56 Å². The van der Waals surface area contributed by atoms with Crippen molar-refractivity contribution in [1.29, 1.82) is 0 Å². The Morgan fingerprint density at radius 1 is 0.864 bits per heavy atom. The molecule has 0 fully saturated rings. The molecule has 1 aromatic carbocycles. The minimum absolute atomic E-state index is 1.07. The zero-order valence-electron chi connectivity index (χ0n) is 12.2. The molecule has 0 radical (unpaired) electrons. The first-order chi connectivity index (χ1) is 10.8. The summed E-state index contributed by atoms with van der Waals surface area (Å²) >= 11 is 1.75. The van der Waals surface area contributed by atoms with Crippen molar-refractivity contribution in [2.75, 3.05) is 0 Å². The van der Waals surface area contributed by atoms with Crippen LogP contribution in [0.25, 0.3) is 32.5 Å². The van der Waals surface area contributed by atoms with E-state index < -0.39 is 0 Å². The van der Waals surface area contributed by atoms with Gasteiger partial charge in [0.2, 0.25) is 0 Å². The molecule has 0 N–H and O–H groups in total. The average molecular weight is 302 g/mol. The highest BCUT2D eigenvalue weighted by Gasteiger charge is 2.13. The van der Waals surface area contributed by atoms with Crippen LogP contribution < -0.4 is 0 Å². The Morgan fingerprint density at radius 2 is 1.73 bits per heavy atom. The number of thiophene rings is 1. The summed E-state index contributed by atoms with van der Waals surface area (Å²) in [6.45, 7) is 2.12. The summed E-state index contributed by atoms with van der Waals surface area (Å²) in [5.74, 6) is 0. The van der Waals surface area contributed by atoms with Crippen molar-refractivity contribution in [2.45, 2.75) is 6.92 Å². The Kier molecular flexibility index (Phi) is 3.20. The van der Waals surface area contributed by atoms with Crippen molar-refractivity contribution >= 4 is 21.6 Å². The minimum Gasteiger partial charge on any atom is -0.264 e. The maximum atomic E-state index is 4.62. The molecule has 0 unspecified atom stereocenters. The number of fused-ring (bicyclic) bond motifs is 1. The average Bonchev–Trinajstić information content (AvgIpc) is 3.00. The molecule has 0 bridgehead atoms. The highest BCUT2D eigenvalue weighted by atomic mass is 32.1. The highest BCUT2D eigenvalue weighted by Crippen LogP contribution is 2.38. The molecule has 2 nitrogen and oxygen atoms in total. The van der Waals surface area contributed by atoms with E-state index in [1.165, 1.54) is 32.5 Å². The normalized spacial score (nSPS) is 11.0. The SMILES string of the molecule is Cc1ccncc1-c1ccnc2c(-c3ccccc3)csc12. The van der Waals surface area contributed by atoms with Gasteiger partial charge in [0.15, 0.2) is 0 Å². The fourth-order valence-corrected chi connectivity index (χ4v) is 3.78. The number of rotatable bonds is 2. The van der Waals surface area contributed by atoms with E-state index in [1.54, 1.807) is 11.3 Å². The molecular weight excluding hydrogens is 288 g/mol. The van der Waals surface area contributed by atoms with E-state index in [9.17, 15) is 0 Å². The summed E-state index contributed by atoms with van der Waals surface area (Å²) in [4.78, 5) is 8.90. The smallest absolute Gasteiger partial charge is 0.0894 e. The van der Waals surface area contributed by atoms with Gasteiger partial charge in [-0.3, -0.25) is 9.97 Å². The van der Waals surface area contributed by atoms with Crippen LogP contribution in [0.3, 0.4) is 0 Å². The third-order valence-corrected chi connectivity index (χ3v) is 4.87. The van der Waals surface area contributed by atoms with Gasteiger partial charge >= 0.3 is 0 Å². The third kappa shape index (κ3) is 2.11. The van der Waals surface area contributed by atoms with Crippen LogP contribution in [0.15, 0.2) is 66.4 Å². The Morgan fingerprint density at radius 3 is 2.55 bits per heavy atom. The van der Waals surface area contributed by atoms with Crippen molar-refractivity contribution in [3.8, 4) is 22.3 Å². The number of pyridine rings is 2. The van der Waals surface area contributed by atoms with Crippen LogP contribution in [0.4, 0.5) is 0 Å². The predicted molar refractivity (Wildman–Crippen MR) is 93.0 cm³/mol. The molecule has 106 valence electrons. The van der Waals surface area contributed by atoms with Gasteiger partial charge < -0.3 is 0 Å². The van der Waals surface area contributed by atoms with Gasteiger partial charge in [-0.05, 0) is 30.2 Å². The first-order valence-corrected chi connectivity index (χ1v) is 8.05. The van der Waals surface area contributed by atoms with E-state index >= 15 is 0 Å². The molecule has 3 aromatic heterocycles. The summed E-state index contributed by atoms with van der Waals surface area (Å²) in [7, 11) is 0. The van der Waals surface area contributed by atoms with Gasteiger partial charge in [0.1, 0.15) is 0 Å². The summed E-state index contributed by atoms with van der Waals surface area (Å²) in [6.07, 6.45) is 5.66. The van der Waals surface area contributed by atoms with E-state index in [-0.39, 0.29) is 0 Å². The van der Waals surface area contributed by atoms with Crippen molar-refractivity contribution in [3.63, 3.8) is 0 Å². The summed E-state index contributed by atoms with van der Waals surface area (Å²) < 4.78 is 1.22. The van der Waals surface area contributed by atoms with Crippen molar-refractivity contribution in [1.82, 2.24) is 9.97 Å². The van der Waals surface area contributed by atoms with Crippen LogP contribution in [0, 0.1) is 6.92 Å². The van der Waals surface area contributed by atoms with E-state index in [4.69, 9.17) is 0 Å². The standard InChI is InChI=1S/C19H14N2S/c1-13-7-9-20-11-16(13)15-8-10-21-18-17(12-22-19(15)18)14-5-3-2-4-6-14/h2-12H,1H3. The first kappa shape index (κ1) is 13.2. The van der Waals surface area contributed by atoms with Crippen LogP contribution >= 0.6 is 11.3 Å². The highest BCUT2D eigenvalue weighted by molar-refractivity contribution is 7.18. The summed E-state index contributed by atoms with van der Waals surface area (Å²) in [6, 6.07) is 14.6. The fourth-order valence-electron chi connectivity index (χ4n) is 2.71. The molecule has 0 aliphatic carbocycles. The van der Waals surface area contributed by atoms with Crippen molar-refractivity contribution in [3.05, 3.63) is 72.0 Å². The van der Waals surface area contributed by atoms with Crippen LogP contribution in [0.5, 0.6) is 0 Å². The van der Waals surface area contributed by atoms with E-state index in [0.29, 0.717) is 0 Å². The molecule has 0 amide bonds. The van der Waals surface area contributed by atoms with E-state index in [1.807, 2.05) is 30.7 Å². The second-order valence-electron chi connectivity index (χ2n) is 5.24. The lowest BCUT2D eigenvalue weighted by Crippen LogP contribution is -1.86. The Labute approximate surface area is 133 Å². The number of hydrogen-bond donors (Lipinski definition) is 0. The van der Waals surface area contributed by atoms with Crippen molar-refractivity contribution < 1.29 is 0 Å². The van der Waals surface area contributed by atoms with Crippen LogP contribution in [-0.2, 0) is 0 Å². The van der Waals surface area contributed by atoms with Gasteiger partial charge in [-0.2, -0.15) is 0 Å². The molecular formula is C19H14N2S. The second kappa shape index (κ2) is 5.35. The summed E-state index contributed by atoms with van der Waals surface area (Å²) in [5, 5.41) is 2.20. The second-order valence-corrected chi connectivity index (χ2v) is 6.12. The third-order valence-electron chi connectivity index (χ3n) is 3.87. The molecule has 4 aromatic rings. The maximum absolute atomic E-state index is 4.62. The topological polar surface area (TPSA) is 25.8 Å². The van der Waals surface area contributed by atoms with Crippen LogP contribution in [-0.4, -0.2) is 9.97 Å². The predicted octanol–water partition coefficient (Wildman–Crippen LogP) is 5.33. The monoisotopic (exact) mass is 302 g/mol. The fraction of sp³-hybridized carbons (Fsp3) is 0.0526. The van der Waals surface area contributed by atoms with E-state index in [0.717, 1.165) is 5.52 Å². The van der Waals surface area contributed by atoms with Gasteiger partial charge in [0.05, 0.1) is 10.2 Å². The molecule has 3 heteroatoms. The molecule has 3 heterocycles. The number of nitrogens with zero attached hydrogens (tertiary/aromatic N) is 2. The number of aromatic nitrogens is 2. The molecule has 0 spiro atoms. The van der Waals surface area contributed by atoms with Gasteiger partial charge in [-0.1, -0.05) is 30.3 Å². The molecule has 22 heavy (non-hydrogen) atoms. The van der Waals surface area contributed by atoms with Gasteiger partial charge in [-0.25, -0.2) is 0 Å². The first-order valence-electron chi connectivity index (χ1n) is 7.17. The maximum Gasteiger partial charge on any atom is 0.0894 e.